The van der Waals surface area contributed by atoms with Crippen LogP contribution in [0.4, 0.5) is 5.95 Å². The minimum atomic E-state index is -1.51. The van der Waals surface area contributed by atoms with Crippen molar-refractivity contribution >= 4 is 16.9 Å². The van der Waals surface area contributed by atoms with Crippen molar-refractivity contribution in [3.8, 4) is 17.2 Å². The van der Waals surface area contributed by atoms with Gasteiger partial charge in [-0.05, 0) is 38.0 Å². The van der Waals surface area contributed by atoms with Crippen LogP contribution in [0.3, 0.4) is 0 Å². The highest BCUT2D eigenvalue weighted by atomic mass is 32.2. The lowest BCUT2D eigenvalue weighted by molar-refractivity contribution is 0.193. The average molecular weight is 517 g/mol. The van der Waals surface area contributed by atoms with E-state index in [1.165, 1.54) is 0 Å². The van der Waals surface area contributed by atoms with Gasteiger partial charge < -0.3 is 14.2 Å². The van der Waals surface area contributed by atoms with Gasteiger partial charge in [-0.2, -0.15) is 0 Å². The number of aromatic nitrogens is 5. The van der Waals surface area contributed by atoms with Crippen LogP contribution < -0.4 is 14.2 Å². The molecule has 4 rings (SSSR count). The van der Waals surface area contributed by atoms with Crippen molar-refractivity contribution in [3.63, 3.8) is 0 Å². The van der Waals surface area contributed by atoms with Gasteiger partial charge in [0, 0.05) is 30.8 Å². The number of methoxy groups -OCH3 is 2. The molecule has 0 spiro atoms. The highest BCUT2D eigenvalue weighted by molar-refractivity contribution is 7.87. The van der Waals surface area contributed by atoms with E-state index < -0.39 is 11.0 Å². The molecule has 0 amide bonds. The fourth-order valence-corrected chi connectivity index (χ4v) is 4.84. The highest BCUT2D eigenvalue weighted by Crippen LogP contribution is 2.38. The van der Waals surface area contributed by atoms with E-state index in [9.17, 15) is 4.21 Å². The number of nitrogens with zero attached hydrogens (tertiary/aromatic N) is 5. The third kappa shape index (κ3) is 5.84. The largest absolute Gasteiger partial charge is 0.494 e. The average Bonchev–Trinajstić information content (AvgIpc) is 3.59. The Bertz CT molecular complexity index is 1130. The Balaban J connectivity index is 0.00000176. The molecule has 1 N–H and O–H groups in total. The van der Waals surface area contributed by atoms with Crippen LogP contribution >= 0.6 is 0 Å². The molecule has 1 aliphatic rings. The van der Waals surface area contributed by atoms with Crippen LogP contribution in [0.25, 0.3) is 5.69 Å². The van der Waals surface area contributed by atoms with Gasteiger partial charge in [-0.25, -0.2) is 14.2 Å². The summed E-state index contributed by atoms with van der Waals surface area (Å²) < 4.78 is 35.2. The molecule has 4 atom stereocenters. The number of anilines is 1. The third-order valence-electron chi connectivity index (χ3n) is 6.05. The maximum atomic E-state index is 13.4. The molecule has 0 bridgehead atoms. The number of nitrogens with one attached hydrogen (secondary N) is 1. The molecule has 1 aliphatic heterocycles. The first-order valence-corrected chi connectivity index (χ1v) is 13.4. The molecule has 0 radical (unpaired) electrons. The van der Waals surface area contributed by atoms with Gasteiger partial charge in [0.2, 0.25) is 5.95 Å². The van der Waals surface area contributed by atoms with Crippen molar-refractivity contribution in [1.29, 1.82) is 0 Å². The van der Waals surface area contributed by atoms with E-state index in [2.05, 4.69) is 24.9 Å². The zero-order valence-corrected chi connectivity index (χ0v) is 22.8. The summed E-state index contributed by atoms with van der Waals surface area (Å²) >= 11 is 0. The highest BCUT2D eigenvalue weighted by Gasteiger charge is 2.31. The topological polar surface area (TPSA) is 113 Å². The number of ether oxygens (including phenoxy) is 3. The predicted molar refractivity (Wildman–Crippen MR) is 140 cm³/mol. The molecule has 1 fully saturated rings. The van der Waals surface area contributed by atoms with Crippen LogP contribution in [0.5, 0.6) is 11.5 Å². The molecule has 3 aromatic rings. The van der Waals surface area contributed by atoms with Crippen molar-refractivity contribution < 1.29 is 18.4 Å². The summed E-state index contributed by atoms with van der Waals surface area (Å²) in [6, 6.07) is 5.53. The van der Waals surface area contributed by atoms with E-state index >= 15 is 0 Å². The molecule has 1 saturated heterocycles. The van der Waals surface area contributed by atoms with Crippen LogP contribution in [0.2, 0.25) is 0 Å². The number of aryl methyl sites for hydroxylation is 1. The van der Waals surface area contributed by atoms with E-state index in [0.717, 1.165) is 12.0 Å². The first-order chi connectivity index (χ1) is 17.4. The second-order valence-corrected chi connectivity index (χ2v) is 9.84. The number of benzene rings is 1. The molecule has 1 aromatic carbocycles. The maximum absolute atomic E-state index is 13.4. The molecule has 11 heteroatoms. The van der Waals surface area contributed by atoms with Gasteiger partial charge in [0.25, 0.3) is 0 Å². The molecule has 10 nitrogen and oxygen atoms in total. The fraction of sp³-hybridized carbons (Fsp3) is 0.520. The van der Waals surface area contributed by atoms with Crippen molar-refractivity contribution in [2.75, 3.05) is 32.2 Å². The summed E-state index contributed by atoms with van der Waals surface area (Å²) in [6.45, 7) is 11.0. The number of hydrogen-bond acceptors (Lipinski definition) is 8. The van der Waals surface area contributed by atoms with E-state index in [4.69, 9.17) is 14.2 Å². The van der Waals surface area contributed by atoms with Gasteiger partial charge in [-0.15, -0.1) is 10.2 Å². The van der Waals surface area contributed by atoms with Crippen molar-refractivity contribution in [1.82, 2.24) is 24.7 Å². The van der Waals surface area contributed by atoms with E-state index in [1.54, 1.807) is 26.6 Å². The fourth-order valence-electron chi connectivity index (χ4n) is 3.85. The number of rotatable bonds is 9. The van der Waals surface area contributed by atoms with E-state index in [0.29, 0.717) is 48.0 Å². The maximum Gasteiger partial charge on any atom is 0.241 e. The molecule has 196 valence electrons. The van der Waals surface area contributed by atoms with Gasteiger partial charge in [0.1, 0.15) is 39.8 Å². The van der Waals surface area contributed by atoms with Crippen LogP contribution in [0.1, 0.15) is 63.2 Å². The van der Waals surface area contributed by atoms with Gasteiger partial charge in [-0.3, -0.25) is 9.29 Å². The van der Waals surface area contributed by atoms with Gasteiger partial charge in [0.05, 0.1) is 26.1 Å². The molecule has 0 aliphatic carbocycles. The summed E-state index contributed by atoms with van der Waals surface area (Å²) in [4.78, 5) is 8.80. The Morgan fingerprint density at radius 3 is 2.31 bits per heavy atom. The van der Waals surface area contributed by atoms with Crippen LogP contribution in [0.15, 0.2) is 30.6 Å². The zero-order valence-electron chi connectivity index (χ0n) is 22.0. The minimum absolute atomic E-state index is 0.0448. The molecule has 3 heterocycles. The number of hydrogen-bond donors (Lipinski definition) is 1. The zero-order chi connectivity index (χ0) is 26.2. The van der Waals surface area contributed by atoms with Crippen molar-refractivity contribution in [3.05, 3.63) is 47.8 Å². The Morgan fingerprint density at radius 2 is 1.75 bits per heavy atom. The monoisotopic (exact) mass is 516 g/mol. The summed E-state index contributed by atoms with van der Waals surface area (Å²) in [5.74, 6) is 2.75. The van der Waals surface area contributed by atoms with E-state index in [1.807, 2.05) is 57.4 Å². The third-order valence-corrected chi connectivity index (χ3v) is 7.52. The Labute approximate surface area is 215 Å². The molecular formula is C25H36N6O4S. The Hall–Kier alpha value is -3.05. The molecule has 4 unspecified atom stereocenters. The normalized spacial score (nSPS) is 17.5. The van der Waals surface area contributed by atoms with Crippen molar-refractivity contribution in [2.24, 2.45) is 0 Å². The molecule has 2 aromatic heterocycles. The lowest BCUT2D eigenvalue weighted by Crippen LogP contribution is -2.26. The molecule has 0 saturated carbocycles. The second-order valence-electron chi connectivity index (χ2n) is 8.30. The lowest BCUT2D eigenvalue weighted by atomic mass is 10.1. The molecule has 36 heavy (non-hydrogen) atoms. The van der Waals surface area contributed by atoms with Gasteiger partial charge >= 0.3 is 0 Å². The predicted octanol–water partition coefficient (Wildman–Crippen LogP) is 4.18. The SMILES string of the molecule is CC.COc1cccc(OC)c1-n1c(NS(=O)C(C)C(C)c2ncc(C)cn2)nnc1C1CCOC1. The summed E-state index contributed by atoms with van der Waals surface area (Å²) in [7, 11) is 1.68. The van der Waals surface area contributed by atoms with Crippen LogP contribution in [-0.4, -0.2) is 61.6 Å². The lowest BCUT2D eigenvalue weighted by Gasteiger charge is -2.21. The summed E-state index contributed by atoms with van der Waals surface area (Å²) in [5, 5.41) is 8.52. The van der Waals surface area contributed by atoms with Crippen LogP contribution in [-0.2, 0) is 15.7 Å². The summed E-state index contributed by atoms with van der Waals surface area (Å²) in [6.07, 6.45) is 4.35. The summed E-state index contributed by atoms with van der Waals surface area (Å²) in [5.41, 5.74) is 1.62. The standard InChI is InChI=1S/C23H30N6O4S.C2H6/c1-14-11-24-21(25-12-14)15(2)16(3)34(30)28-23-27-26-22(17-9-10-33-13-17)29(23)20-18(31-4)7-6-8-19(20)32-5;1-2/h6-8,11-12,15-17H,9-10,13H2,1-5H3,(H,27,28);1-2H3. The van der Waals surface area contributed by atoms with Gasteiger partial charge in [-0.1, -0.05) is 26.8 Å². The minimum Gasteiger partial charge on any atom is -0.494 e. The second kappa shape index (κ2) is 12.8. The quantitative estimate of drug-likeness (QED) is 0.451. The van der Waals surface area contributed by atoms with Gasteiger partial charge in [0.15, 0.2) is 0 Å². The Morgan fingerprint density at radius 1 is 1.11 bits per heavy atom. The molecular weight excluding hydrogens is 480 g/mol. The smallest absolute Gasteiger partial charge is 0.241 e. The van der Waals surface area contributed by atoms with E-state index in [-0.39, 0.29) is 17.1 Å². The van der Waals surface area contributed by atoms with Crippen LogP contribution in [0, 0.1) is 6.92 Å². The number of para-hydroxylation sites is 1. The first kappa shape index (κ1) is 27.5. The van der Waals surface area contributed by atoms with Crippen molar-refractivity contribution in [2.45, 2.75) is 58.1 Å². The first-order valence-electron chi connectivity index (χ1n) is 12.1. The Kier molecular flexibility index (Phi) is 9.77.